The molecule has 0 aliphatic heterocycles. The molecule has 1 aromatic rings. The number of nitrogens with one attached hydrogen (secondary N) is 2. The lowest BCUT2D eigenvalue weighted by Crippen LogP contribution is -2.26. The van der Waals surface area contributed by atoms with Crippen LogP contribution >= 0.6 is 11.3 Å². The third-order valence-corrected chi connectivity index (χ3v) is 3.36. The van der Waals surface area contributed by atoms with Crippen LogP contribution in [0.4, 0.5) is 10.9 Å². The summed E-state index contributed by atoms with van der Waals surface area (Å²) in [6.45, 7) is 0.954. The first-order valence-corrected chi connectivity index (χ1v) is 6.32. The normalized spacial score (nSPS) is 14.6. The molecule has 1 fully saturated rings. The average Bonchev–Trinajstić information content (AvgIpc) is 3.02. The molecule has 1 aliphatic rings. The largest absolute Gasteiger partial charge is 0.383 e. The highest BCUT2D eigenvalue weighted by molar-refractivity contribution is 7.18. The Balaban J connectivity index is 1.93. The molecule has 0 bridgehead atoms. The molecule has 0 atom stereocenters. The zero-order valence-corrected chi connectivity index (χ0v) is 10.5. The number of ether oxygens (including phenoxy) is 1. The SMILES string of the molecule is COCCNC(=O)c1sc(NC2CC2)nc1N. The summed E-state index contributed by atoms with van der Waals surface area (Å²) in [7, 11) is 1.59. The van der Waals surface area contributed by atoms with E-state index in [0.717, 1.165) is 18.0 Å². The number of rotatable bonds is 6. The minimum Gasteiger partial charge on any atom is -0.383 e. The standard InChI is InChI=1S/C10H16N4O2S/c1-16-5-4-12-9(15)7-8(11)14-10(17-7)13-6-2-3-6/h6H,2-5,11H2,1H3,(H,12,15)(H,13,14). The van der Waals surface area contributed by atoms with Gasteiger partial charge in [0.1, 0.15) is 10.7 Å². The van der Waals surface area contributed by atoms with E-state index in [-0.39, 0.29) is 11.7 Å². The van der Waals surface area contributed by atoms with Gasteiger partial charge in [0.15, 0.2) is 5.13 Å². The van der Waals surface area contributed by atoms with Crippen molar-refractivity contribution >= 4 is 28.2 Å². The van der Waals surface area contributed by atoms with Gasteiger partial charge >= 0.3 is 0 Å². The highest BCUT2D eigenvalue weighted by Crippen LogP contribution is 2.30. The third-order valence-electron chi connectivity index (χ3n) is 2.36. The van der Waals surface area contributed by atoms with Crippen LogP contribution in [-0.4, -0.2) is 37.2 Å². The van der Waals surface area contributed by atoms with Gasteiger partial charge in [-0.15, -0.1) is 0 Å². The molecular weight excluding hydrogens is 240 g/mol. The fraction of sp³-hybridized carbons (Fsp3) is 0.600. The van der Waals surface area contributed by atoms with Gasteiger partial charge in [0.2, 0.25) is 0 Å². The Morgan fingerprint density at radius 2 is 2.41 bits per heavy atom. The smallest absolute Gasteiger partial charge is 0.265 e. The molecule has 17 heavy (non-hydrogen) atoms. The van der Waals surface area contributed by atoms with Crippen LogP contribution in [0.3, 0.4) is 0 Å². The molecule has 0 saturated heterocycles. The van der Waals surface area contributed by atoms with Gasteiger partial charge in [-0.25, -0.2) is 4.98 Å². The van der Waals surface area contributed by atoms with E-state index in [4.69, 9.17) is 10.5 Å². The van der Waals surface area contributed by atoms with Crippen LogP contribution in [0.5, 0.6) is 0 Å². The second kappa shape index (κ2) is 5.33. The van der Waals surface area contributed by atoms with E-state index in [1.165, 1.54) is 11.3 Å². The quantitative estimate of drug-likeness (QED) is 0.651. The van der Waals surface area contributed by atoms with Crippen molar-refractivity contribution in [2.45, 2.75) is 18.9 Å². The van der Waals surface area contributed by atoms with Crippen LogP contribution in [0.25, 0.3) is 0 Å². The average molecular weight is 256 g/mol. The minimum atomic E-state index is -0.194. The molecule has 0 unspecified atom stereocenters. The van der Waals surface area contributed by atoms with Gasteiger partial charge in [-0.1, -0.05) is 11.3 Å². The Hall–Kier alpha value is -1.34. The first kappa shape index (κ1) is 12.1. The number of hydrogen-bond acceptors (Lipinski definition) is 6. The molecule has 6 nitrogen and oxygen atoms in total. The fourth-order valence-corrected chi connectivity index (χ4v) is 2.18. The topological polar surface area (TPSA) is 89.3 Å². The van der Waals surface area contributed by atoms with E-state index in [0.29, 0.717) is 24.1 Å². The lowest BCUT2D eigenvalue weighted by molar-refractivity contribution is 0.0942. The Bertz CT molecular complexity index is 403. The van der Waals surface area contributed by atoms with Gasteiger partial charge in [0, 0.05) is 19.7 Å². The van der Waals surface area contributed by atoms with Crippen LogP contribution in [0, 0.1) is 0 Å². The molecule has 1 aliphatic carbocycles. The lowest BCUT2D eigenvalue weighted by Gasteiger charge is -2.01. The summed E-state index contributed by atoms with van der Waals surface area (Å²) >= 11 is 1.29. The summed E-state index contributed by atoms with van der Waals surface area (Å²) in [6, 6.07) is 0.505. The molecular formula is C10H16N4O2S. The van der Waals surface area contributed by atoms with Gasteiger partial charge in [0.05, 0.1) is 6.61 Å². The molecule has 1 heterocycles. The van der Waals surface area contributed by atoms with Crippen molar-refractivity contribution in [2.75, 3.05) is 31.3 Å². The molecule has 1 saturated carbocycles. The number of carbonyl (C=O) groups excluding carboxylic acids is 1. The Morgan fingerprint density at radius 1 is 1.65 bits per heavy atom. The number of amides is 1. The molecule has 1 amide bonds. The predicted octanol–water partition coefficient (Wildman–Crippen LogP) is 0.676. The van der Waals surface area contributed by atoms with Crippen molar-refractivity contribution in [2.24, 2.45) is 0 Å². The molecule has 1 aromatic heterocycles. The summed E-state index contributed by atoms with van der Waals surface area (Å²) in [5.41, 5.74) is 5.71. The van der Waals surface area contributed by atoms with E-state index in [2.05, 4.69) is 15.6 Å². The van der Waals surface area contributed by atoms with E-state index >= 15 is 0 Å². The maximum Gasteiger partial charge on any atom is 0.265 e. The Labute approximate surface area is 104 Å². The van der Waals surface area contributed by atoms with Crippen molar-refractivity contribution < 1.29 is 9.53 Å². The van der Waals surface area contributed by atoms with Crippen LogP contribution in [0.15, 0.2) is 0 Å². The van der Waals surface area contributed by atoms with Gasteiger partial charge in [-0.2, -0.15) is 0 Å². The molecule has 7 heteroatoms. The second-order valence-electron chi connectivity index (χ2n) is 3.90. The van der Waals surface area contributed by atoms with Crippen LogP contribution in [0.1, 0.15) is 22.5 Å². The van der Waals surface area contributed by atoms with E-state index in [1.807, 2.05) is 0 Å². The van der Waals surface area contributed by atoms with Crippen LogP contribution in [0.2, 0.25) is 0 Å². The lowest BCUT2D eigenvalue weighted by atomic mass is 10.4. The number of aromatic nitrogens is 1. The second-order valence-corrected chi connectivity index (χ2v) is 4.90. The highest BCUT2D eigenvalue weighted by Gasteiger charge is 2.24. The van der Waals surface area contributed by atoms with E-state index < -0.39 is 0 Å². The molecule has 4 N–H and O–H groups in total. The van der Waals surface area contributed by atoms with Crippen molar-refractivity contribution in [1.29, 1.82) is 0 Å². The zero-order chi connectivity index (χ0) is 12.3. The highest BCUT2D eigenvalue weighted by atomic mass is 32.1. The first-order valence-electron chi connectivity index (χ1n) is 5.50. The maximum atomic E-state index is 11.8. The van der Waals surface area contributed by atoms with E-state index in [9.17, 15) is 4.79 Å². The summed E-state index contributed by atoms with van der Waals surface area (Å²) < 4.78 is 4.85. The van der Waals surface area contributed by atoms with Crippen molar-refractivity contribution in [1.82, 2.24) is 10.3 Å². The summed E-state index contributed by atoms with van der Waals surface area (Å²) in [5, 5.41) is 6.67. The number of hydrogen-bond donors (Lipinski definition) is 3. The van der Waals surface area contributed by atoms with Gasteiger partial charge in [-0.05, 0) is 12.8 Å². The van der Waals surface area contributed by atoms with Gasteiger partial charge < -0.3 is 21.1 Å². The monoisotopic (exact) mass is 256 g/mol. The number of nitrogens with zero attached hydrogens (tertiary/aromatic N) is 1. The number of nitrogens with two attached hydrogens (primary N) is 1. The Morgan fingerprint density at radius 3 is 3.06 bits per heavy atom. The van der Waals surface area contributed by atoms with Crippen molar-refractivity contribution in [3.05, 3.63) is 4.88 Å². The third kappa shape index (κ3) is 3.31. The molecule has 0 radical (unpaired) electrons. The minimum absolute atomic E-state index is 0.194. The number of carbonyl (C=O) groups is 1. The summed E-state index contributed by atoms with van der Waals surface area (Å²) in [4.78, 5) is 16.3. The fourth-order valence-electron chi connectivity index (χ4n) is 1.31. The van der Waals surface area contributed by atoms with Gasteiger partial charge in [0.25, 0.3) is 5.91 Å². The summed E-state index contributed by atoms with van der Waals surface area (Å²) in [5.74, 6) is 0.0916. The van der Waals surface area contributed by atoms with Crippen molar-refractivity contribution in [3.8, 4) is 0 Å². The molecule has 94 valence electrons. The van der Waals surface area contributed by atoms with E-state index in [1.54, 1.807) is 7.11 Å². The van der Waals surface area contributed by atoms with Crippen molar-refractivity contribution in [3.63, 3.8) is 0 Å². The maximum absolute atomic E-state index is 11.8. The number of thiazole rings is 1. The number of methoxy groups -OCH3 is 1. The van der Waals surface area contributed by atoms with Crippen LogP contribution in [-0.2, 0) is 4.74 Å². The first-order chi connectivity index (χ1) is 8.20. The zero-order valence-electron chi connectivity index (χ0n) is 9.66. The molecule has 0 aromatic carbocycles. The number of anilines is 2. The van der Waals surface area contributed by atoms with Gasteiger partial charge in [-0.3, -0.25) is 4.79 Å². The molecule has 2 rings (SSSR count). The predicted molar refractivity (Wildman–Crippen MR) is 67.4 cm³/mol. The number of nitrogen functional groups attached to an aromatic ring is 1. The Kier molecular flexibility index (Phi) is 3.80. The van der Waals surface area contributed by atoms with Crippen LogP contribution < -0.4 is 16.4 Å². The molecule has 0 spiro atoms. The summed E-state index contributed by atoms with van der Waals surface area (Å²) in [6.07, 6.45) is 2.32.